The van der Waals surface area contributed by atoms with Crippen LogP contribution in [0.2, 0.25) is 0 Å². The molecule has 0 aliphatic carbocycles. The Hall–Kier alpha value is -1.65. The van der Waals surface area contributed by atoms with Gasteiger partial charge in [0, 0.05) is 23.5 Å². The number of hydrogen-bond acceptors (Lipinski definition) is 4. The topological polar surface area (TPSA) is 29.0 Å². The Bertz CT molecular complexity index is 769. The Morgan fingerprint density at radius 1 is 1.19 bits per heavy atom. The van der Waals surface area contributed by atoms with Gasteiger partial charge in [0.25, 0.3) is 0 Å². The van der Waals surface area contributed by atoms with Crippen LogP contribution >= 0.6 is 22.9 Å². The van der Waals surface area contributed by atoms with Crippen LogP contribution in [0.4, 0.5) is 5.69 Å². The summed E-state index contributed by atoms with van der Waals surface area (Å²) >= 11 is 7.66. The lowest BCUT2D eigenvalue weighted by Crippen LogP contribution is -2.17. The molecule has 2 heterocycles. The molecule has 0 atom stereocenters. The van der Waals surface area contributed by atoms with Crippen molar-refractivity contribution in [2.75, 3.05) is 11.9 Å². The highest BCUT2D eigenvalue weighted by Gasteiger charge is 2.11. The Morgan fingerprint density at radius 3 is 2.71 bits per heavy atom. The van der Waals surface area contributed by atoms with E-state index in [0.29, 0.717) is 5.88 Å². The van der Waals surface area contributed by atoms with Gasteiger partial charge in [0.15, 0.2) is 0 Å². The van der Waals surface area contributed by atoms with Gasteiger partial charge in [-0.3, -0.25) is 4.98 Å². The van der Waals surface area contributed by atoms with Gasteiger partial charge in [-0.1, -0.05) is 18.2 Å². The smallest absolute Gasteiger partial charge is 0.0898 e. The monoisotopic (exact) mass is 317 g/mol. The van der Waals surface area contributed by atoms with Crippen molar-refractivity contribution >= 4 is 39.5 Å². The number of pyridine rings is 1. The van der Waals surface area contributed by atoms with E-state index in [1.54, 1.807) is 11.3 Å². The predicted octanol–water partition coefficient (Wildman–Crippen LogP) is 4.37. The third-order valence-electron chi connectivity index (χ3n) is 3.36. The first-order valence-electron chi connectivity index (χ1n) is 6.74. The van der Waals surface area contributed by atoms with Crippen molar-refractivity contribution in [3.8, 4) is 0 Å². The highest BCUT2D eigenvalue weighted by Crippen LogP contribution is 2.27. The van der Waals surface area contributed by atoms with Gasteiger partial charge in [0.1, 0.15) is 0 Å². The maximum Gasteiger partial charge on any atom is 0.0898 e. The summed E-state index contributed by atoms with van der Waals surface area (Å²) in [5.74, 6) is 0.418. The summed E-state index contributed by atoms with van der Waals surface area (Å²) in [5.41, 5.74) is 4.11. The van der Waals surface area contributed by atoms with E-state index in [2.05, 4.69) is 39.4 Å². The molecule has 3 aromatic rings. The summed E-state index contributed by atoms with van der Waals surface area (Å²) in [6.45, 7) is 2.81. The molecule has 0 unspecified atom stereocenters. The van der Waals surface area contributed by atoms with Crippen LogP contribution in [0.5, 0.6) is 0 Å². The first-order chi connectivity index (χ1) is 10.2. The molecule has 2 aromatic heterocycles. The molecule has 1 aromatic carbocycles. The molecule has 0 N–H and O–H groups in total. The van der Waals surface area contributed by atoms with Crippen LogP contribution in [-0.4, -0.2) is 17.0 Å². The van der Waals surface area contributed by atoms with Crippen LogP contribution in [0.25, 0.3) is 10.9 Å². The average Bonchev–Trinajstić information content (AvgIpc) is 2.91. The van der Waals surface area contributed by atoms with E-state index >= 15 is 0 Å². The fourth-order valence-electron chi connectivity index (χ4n) is 2.40. The second-order valence-corrected chi connectivity index (χ2v) is 6.33. The number of aromatic nitrogens is 2. The Labute approximate surface area is 133 Å². The van der Waals surface area contributed by atoms with Crippen LogP contribution in [0, 0.1) is 6.92 Å². The molecule has 0 amide bonds. The first-order valence-corrected chi connectivity index (χ1v) is 8.15. The van der Waals surface area contributed by atoms with E-state index in [4.69, 9.17) is 11.6 Å². The van der Waals surface area contributed by atoms with Crippen molar-refractivity contribution in [1.82, 2.24) is 9.97 Å². The number of aryl methyl sites for hydroxylation is 1. The number of fused-ring (bicyclic) bond motifs is 1. The summed E-state index contributed by atoms with van der Waals surface area (Å²) in [6.07, 6.45) is 0. The van der Waals surface area contributed by atoms with Crippen LogP contribution < -0.4 is 4.90 Å². The lowest BCUT2D eigenvalue weighted by atomic mass is 10.1. The highest BCUT2D eigenvalue weighted by atomic mass is 35.5. The number of anilines is 1. The van der Waals surface area contributed by atoms with E-state index in [1.165, 1.54) is 0 Å². The van der Waals surface area contributed by atoms with Crippen molar-refractivity contribution in [2.24, 2.45) is 0 Å². The molecule has 108 valence electrons. The number of rotatable bonds is 4. The average molecular weight is 318 g/mol. The Kier molecular flexibility index (Phi) is 4.08. The number of hydrogen-bond donors (Lipinski definition) is 0. The van der Waals surface area contributed by atoms with Gasteiger partial charge < -0.3 is 4.90 Å². The second-order valence-electron chi connectivity index (χ2n) is 5.00. The van der Waals surface area contributed by atoms with Crippen molar-refractivity contribution in [3.63, 3.8) is 0 Å². The van der Waals surface area contributed by atoms with Gasteiger partial charge >= 0.3 is 0 Å². The molecule has 3 nitrogen and oxygen atoms in total. The summed E-state index contributed by atoms with van der Waals surface area (Å²) < 4.78 is 0. The van der Waals surface area contributed by atoms with Gasteiger partial charge in [0.05, 0.1) is 34.3 Å². The largest absolute Gasteiger partial charge is 0.368 e. The SMILES string of the molecule is Cc1nc(CN(C)c2cc(CCl)nc3ccccc23)cs1. The van der Waals surface area contributed by atoms with Crippen LogP contribution in [-0.2, 0) is 12.4 Å². The normalized spacial score (nSPS) is 11.0. The highest BCUT2D eigenvalue weighted by molar-refractivity contribution is 7.09. The molecule has 21 heavy (non-hydrogen) atoms. The molecule has 3 rings (SSSR count). The van der Waals surface area contributed by atoms with Crippen molar-refractivity contribution in [2.45, 2.75) is 19.3 Å². The molecular formula is C16H16ClN3S. The van der Waals surface area contributed by atoms with Gasteiger partial charge in [-0.25, -0.2) is 4.98 Å². The third kappa shape index (κ3) is 3.01. The Morgan fingerprint density at radius 2 is 2.00 bits per heavy atom. The lowest BCUT2D eigenvalue weighted by molar-refractivity contribution is 0.892. The second kappa shape index (κ2) is 6.00. The number of halogens is 1. The maximum absolute atomic E-state index is 5.98. The van der Waals surface area contributed by atoms with Gasteiger partial charge in [-0.15, -0.1) is 22.9 Å². The molecule has 0 bridgehead atoms. The maximum atomic E-state index is 5.98. The summed E-state index contributed by atoms with van der Waals surface area (Å²) in [5, 5.41) is 4.35. The summed E-state index contributed by atoms with van der Waals surface area (Å²) in [4.78, 5) is 11.3. The van der Waals surface area contributed by atoms with E-state index in [1.807, 2.05) is 25.1 Å². The zero-order valence-electron chi connectivity index (χ0n) is 12.0. The molecule has 0 spiro atoms. The quantitative estimate of drug-likeness (QED) is 0.669. The molecule has 0 aliphatic rings. The van der Waals surface area contributed by atoms with Crippen LogP contribution in [0.15, 0.2) is 35.7 Å². The molecule has 0 saturated heterocycles. The van der Waals surface area contributed by atoms with Crippen molar-refractivity contribution in [1.29, 1.82) is 0 Å². The fourth-order valence-corrected chi connectivity index (χ4v) is 3.14. The fraction of sp³-hybridized carbons (Fsp3) is 0.250. The van der Waals surface area contributed by atoms with E-state index in [0.717, 1.165) is 39.5 Å². The number of benzene rings is 1. The minimum Gasteiger partial charge on any atom is -0.368 e. The third-order valence-corrected chi connectivity index (χ3v) is 4.46. The van der Waals surface area contributed by atoms with Crippen molar-refractivity contribution < 1.29 is 0 Å². The van der Waals surface area contributed by atoms with E-state index in [9.17, 15) is 0 Å². The number of thiazole rings is 1. The first kappa shape index (κ1) is 14.3. The standard InChI is InChI=1S/C16H16ClN3S/c1-11-18-13(10-21-11)9-20(2)16-7-12(8-17)19-15-6-4-3-5-14(15)16/h3-7,10H,8-9H2,1-2H3. The molecule has 0 fully saturated rings. The zero-order chi connectivity index (χ0) is 14.8. The van der Waals surface area contributed by atoms with Gasteiger partial charge in [-0.05, 0) is 19.1 Å². The molecule has 0 saturated carbocycles. The van der Waals surface area contributed by atoms with Crippen LogP contribution in [0.3, 0.4) is 0 Å². The van der Waals surface area contributed by atoms with Gasteiger partial charge in [0.2, 0.25) is 0 Å². The minimum absolute atomic E-state index is 0.418. The summed E-state index contributed by atoms with van der Waals surface area (Å²) in [6, 6.07) is 10.2. The van der Waals surface area contributed by atoms with E-state index in [-0.39, 0.29) is 0 Å². The lowest BCUT2D eigenvalue weighted by Gasteiger charge is -2.21. The number of nitrogens with zero attached hydrogens (tertiary/aromatic N) is 3. The molecular weight excluding hydrogens is 302 g/mol. The van der Waals surface area contributed by atoms with Gasteiger partial charge in [-0.2, -0.15) is 0 Å². The summed E-state index contributed by atoms with van der Waals surface area (Å²) in [7, 11) is 2.08. The number of para-hydroxylation sites is 1. The van der Waals surface area contributed by atoms with Crippen molar-refractivity contribution in [3.05, 3.63) is 52.1 Å². The van der Waals surface area contributed by atoms with E-state index < -0.39 is 0 Å². The number of alkyl halides is 1. The molecule has 0 radical (unpaired) electrons. The zero-order valence-corrected chi connectivity index (χ0v) is 13.6. The Balaban J connectivity index is 2.01. The predicted molar refractivity (Wildman–Crippen MR) is 90.3 cm³/mol. The minimum atomic E-state index is 0.418. The molecule has 5 heteroatoms. The molecule has 0 aliphatic heterocycles. The van der Waals surface area contributed by atoms with Crippen LogP contribution in [0.1, 0.15) is 16.4 Å².